The Morgan fingerprint density at radius 3 is 2.54 bits per heavy atom. The molecule has 3 fully saturated rings. The van der Waals surface area contributed by atoms with Gasteiger partial charge in [0, 0.05) is 54.0 Å². The molecular weight excluding hydrogens is 680 g/mol. The van der Waals surface area contributed by atoms with Crippen molar-refractivity contribution in [1.29, 1.82) is 0 Å². The first-order chi connectivity index (χ1) is 22.6. The number of benzene rings is 2. The van der Waals surface area contributed by atoms with Crippen molar-refractivity contribution in [3.05, 3.63) is 64.4 Å². The zero-order valence-corrected chi connectivity index (χ0v) is 27.6. The molecule has 0 radical (unpaired) electrons. The highest BCUT2D eigenvalue weighted by molar-refractivity contribution is 7.89. The lowest BCUT2D eigenvalue weighted by Gasteiger charge is -2.43. The van der Waals surface area contributed by atoms with Crippen LogP contribution in [-0.2, 0) is 26.0 Å². The van der Waals surface area contributed by atoms with Gasteiger partial charge in [-0.15, -0.1) is 0 Å². The molecule has 3 unspecified atom stereocenters. The summed E-state index contributed by atoms with van der Waals surface area (Å²) in [5.41, 5.74) is 7.37. The normalized spacial score (nSPS) is 27.0. The molecule has 48 heavy (non-hydrogen) atoms. The Kier molecular flexibility index (Phi) is 11.2. The number of hydrogen-bond acceptors (Lipinski definition) is 6. The molecule has 2 bridgehead atoms. The number of alkyl halides is 3. The number of nitrogens with two attached hydrogens (primary N) is 1. The fourth-order valence-electron chi connectivity index (χ4n) is 7.31. The Bertz CT molecular complexity index is 1580. The van der Waals surface area contributed by atoms with Crippen LogP contribution in [0.3, 0.4) is 0 Å². The third-order valence-corrected chi connectivity index (χ3v) is 11.8. The largest absolute Gasteiger partial charge is 0.465 e. The molecule has 10 nitrogen and oxygen atoms in total. The van der Waals surface area contributed by atoms with Gasteiger partial charge in [-0.2, -0.15) is 17.5 Å². The summed E-state index contributed by atoms with van der Waals surface area (Å²) < 4.78 is 87.7. The number of rotatable bonds is 9. The Morgan fingerprint density at radius 2 is 1.85 bits per heavy atom. The lowest BCUT2D eigenvalue weighted by Crippen LogP contribution is -2.60. The molecular formula is C32H39ClF4N4O6S. The second kappa shape index (κ2) is 14.9. The smallest absolute Gasteiger partial charge is 0.407 e. The van der Waals surface area contributed by atoms with E-state index in [4.69, 9.17) is 22.1 Å². The molecule has 2 amide bonds. The van der Waals surface area contributed by atoms with Crippen LogP contribution in [-0.4, -0.2) is 90.6 Å². The number of carbonyl (C=O) groups is 2. The molecule has 5 rings (SSSR count). The van der Waals surface area contributed by atoms with Crippen LogP contribution in [0.25, 0.3) is 0 Å². The van der Waals surface area contributed by atoms with E-state index in [1.165, 1.54) is 27.4 Å². The summed E-state index contributed by atoms with van der Waals surface area (Å²) in [6, 6.07) is 8.19. The van der Waals surface area contributed by atoms with Crippen LogP contribution in [0.2, 0.25) is 5.02 Å². The predicted molar refractivity (Wildman–Crippen MR) is 171 cm³/mol. The van der Waals surface area contributed by atoms with Crippen molar-refractivity contribution in [3.63, 3.8) is 0 Å². The molecule has 3 aliphatic rings. The van der Waals surface area contributed by atoms with Crippen LogP contribution in [0.5, 0.6) is 0 Å². The number of fused-ring (bicyclic) bond motifs is 2. The minimum absolute atomic E-state index is 0.0218. The van der Waals surface area contributed by atoms with Crippen molar-refractivity contribution in [2.75, 3.05) is 30.8 Å². The van der Waals surface area contributed by atoms with E-state index < -0.39 is 76.5 Å². The molecule has 0 aromatic heterocycles. The summed E-state index contributed by atoms with van der Waals surface area (Å²) >= 11 is 6.08. The number of nitrogens with one attached hydrogen (secondary N) is 1. The molecule has 0 spiro atoms. The zero-order valence-electron chi connectivity index (χ0n) is 26.0. The van der Waals surface area contributed by atoms with Gasteiger partial charge in [0.1, 0.15) is 5.82 Å². The highest BCUT2D eigenvalue weighted by Gasteiger charge is 2.44. The quantitative estimate of drug-likeness (QED) is 0.296. The standard InChI is InChI=1S/C32H39ClF4N4O6S/c33-21-8-6-19(7-9-21)28(20-12-13-47-24(15-20)16-32(35,36)37)29(38)30(42)39-27-5-1-4-26(34)25(27)11-10-23-17-40(31(43)44)22-3-2-14-48(45,46)41(23)18-22/h1,4-9,20,22-24,28-29H,2-3,10-18,38H2,(H,39,42)(H,43,44)/t20-,22?,23?,24+,28-,29-/m0/s1. The number of piperazine rings is 1. The number of carbonyl (C=O) groups excluding carboxylic acids is 1. The number of anilines is 1. The van der Waals surface area contributed by atoms with Crippen molar-refractivity contribution in [2.45, 2.75) is 81.3 Å². The maximum Gasteiger partial charge on any atom is 0.407 e. The number of carboxylic acid groups (broad SMARTS) is 1. The Labute approximate surface area is 281 Å². The van der Waals surface area contributed by atoms with E-state index in [0.29, 0.717) is 29.8 Å². The van der Waals surface area contributed by atoms with E-state index in [-0.39, 0.29) is 56.0 Å². The van der Waals surface area contributed by atoms with Gasteiger partial charge in [-0.05, 0) is 74.3 Å². The van der Waals surface area contributed by atoms with E-state index in [9.17, 15) is 36.3 Å². The van der Waals surface area contributed by atoms with Gasteiger partial charge in [0.15, 0.2) is 0 Å². The molecule has 0 aliphatic carbocycles. The molecule has 2 aromatic rings. The van der Waals surface area contributed by atoms with Gasteiger partial charge in [-0.3, -0.25) is 4.79 Å². The lowest BCUT2D eigenvalue weighted by atomic mass is 9.75. The Hall–Kier alpha value is -2.98. The van der Waals surface area contributed by atoms with E-state index in [2.05, 4.69) is 5.32 Å². The fourth-order valence-corrected chi connectivity index (χ4v) is 9.23. The van der Waals surface area contributed by atoms with Gasteiger partial charge in [-0.25, -0.2) is 17.6 Å². The molecule has 0 saturated carbocycles. The minimum Gasteiger partial charge on any atom is -0.465 e. The van der Waals surface area contributed by atoms with Crippen molar-refractivity contribution < 1.29 is 45.4 Å². The summed E-state index contributed by atoms with van der Waals surface area (Å²) in [6.45, 7) is 0.0203. The fraction of sp³-hybridized carbons (Fsp3) is 0.562. The summed E-state index contributed by atoms with van der Waals surface area (Å²) in [5.74, 6) is -2.61. The summed E-state index contributed by atoms with van der Waals surface area (Å²) in [7, 11) is -3.65. The summed E-state index contributed by atoms with van der Waals surface area (Å²) in [4.78, 5) is 27.0. The Balaban J connectivity index is 1.36. The van der Waals surface area contributed by atoms with Gasteiger partial charge >= 0.3 is 12.3 Å². The predicted octanol–water partition coefficient (Wildman–Crippen LogP) is 5.37. The van der Waals surface area contributed by atoms with E-state index in [1.807, 2.05) is 0 Å². The molecule has 3 aliphatic heterocycles. The highest BCUT2D eigenvalue weighted by atomic mass is 35.5. The zero-order chi connectivity index (χ0) is 34.8. The van der Waals surface area contributed by atoms with Gasteiger partial charge < -0.3 is 25.8 Å². The summed E-state index contributed by atoms with van der Waals surface area (Å²) in [5, 5.41) is 12.9. The number of nitrogens with zero attached hydrogens (tertiary/aromatic N) is 2. The van der Waals surface area contributed by atoms with Crippen molar-refractivity contribution in [2.24, 2.45) is 11.7 Å². The molecule has 7 atom stereocenters. The third kappa shape index (κ3) is 8.59. The first-order valence-electron chi connectivity index (χ1n) is 15.9. The molecule has 264 valence electrons. The molecule has 2 aromatic carbocycles. The van der Waals surface area contributed by atoms with E-state index in [1.54, 1.807) is 24.3 Å². The van der Waals surface area contributed by atoms with Gasteiger partial charge in [0.25, 0.3) is 0 Å². The Morgan fingerprint density at radius 1 is 1.12 bits per heavy atom. The molecule has 16 heteroatoms. The van der Waals surface area contributed by atoms with Gasteiger partial charge in [0.2, 0.25) is 15.9 Å². The average molecular weight is 719 g/mol. The number of halogens is 5. The van der Waals surface area contributed by atoms with E-state index >= 15 is 4.39 Å². The maximum atomic E-state index is 15.3. The number of amides is 2. The number of sulfonamides is 1. The molecule has 3 saturated heterocycles. The van der Waals surface area contributed by atoms with Crippen LogP contribution in [0.1, 0.15) is 55.6 Å². The molecule has 3 heterocycles. The highest BCUT2D eigenvalue weighted by Crippen LogP contribution is 2.40. The number of hydrogen-bond donors (Lipinski definition) is 3. The van der Waals surface area contributed by atoms with Crippen LogP contribution in [0.15, 0.2) is 42.5 Å². The topological polar surface area (TPSA) is 142 Å². The van der Waals surface area contributed by atoms with Gasteiger partial charge in [-0.1, -0.05) is 29.8 Å². The second-order valence-corrected chi connectivity index (χ2v) is 15.2. The third-order valence-electron chi connectivity index (χ3n) is 9.61. The first kappa shape index (κ1) is 36.3. The van der Waals surface area contributed by atoms with Gasteiger partial charge in [0.05, 0.1) is 24.3 Å². The second-order valence-electron chi connectivity index (χ2n) is 12.8. The van der Waals surface area contributed by atoms with E-state index in [0.717, 1.165) is 0 Å². The average Bonchev–Trinajstić information content (AvgIpc) is 3.13. The van der Waals surface area contributed by atoms with Crippen LogP contribution in [0.4, 0.5) is 28.0 Å². The number of ether oxygens (including phenoxy) is 1. The van der Waals surface area contributed by atoms with Crippen molar-refractivity contribution in [1.82, 2.24) is 9.21 Å². The van der Waals surface area contributed by atoms with Crippen LogP contribution < -0.4 is 11.1 Å². The van der Waals surface area contributed by atoms with Crippen LogP contribution in [0, 0.1) is 11.7 Å². The summed E-state index contributed by atoms with van der Waals surface area (Å²) in [6.07, 6.45) is -6.60. The monoisotopic (exact) mass is 718 g/mol. The minimum atomic E-state index is -4.43. The van der Waals surface area contributed by atoms with Crippen LogP contribution >= 0.6 is 11.6 Å². The first-order valence-corrected chi connectivity index (χ1v) is 17.9. The maximum absolute atomic E-state index is 15.3. The van der Waals surface area contributed by atoms with Crippen molar-refractivity contribution in [3.8, 4) is 0 Å². The molecule has 4 N–H and O–H groups in total. The van der Waals surface area contributed by atoms with Crippen molar-refractivity contribution >= 4 is 39.3 Å². The lowest BCUT2D eigenvalue weighted by molar-refractivity contribution is -0.169. The SMILES string of the molecule is N[C@H](C(=O)Nc1cccc(F)c1CCC1CN(C(=O)O)C2CCCS(=O)(=O)N1C2)[C@@H](c1ccc(Cl)cc1)[C@H]1CCO[C@@H](CC(F)(F)F)C1.